The van der Waals surface area contributed by atoms with Crippen LogP contribution in [0.1, 0.15) is 6.42 Å². The first-order valence-electron chi connectivity index (χ1n) is 1.69. The first kappa shape index (κ1) is 5.43. The van der Waals surface area contributed by atoms with Crippen LogP contribution in [-0.2, 0) is 4.79 Å². The van der Waals surface area contributed by atoms with Crippen molar-refractivity contribution in [3.8, 4) is 0 Å². The number of aliphatic carboxylic acids is 1. The van der Waals surface area contributed by atoms with Gasteiger partial charge in [-0.15, -0.1) is 0 Å². The fraction of sp³-hybridized carbons (Fsp3) is 0.667. The normalized spacial score (nSPS) is 8.17. The van der Waals surface area contributed by atoms with Gasteiger partial charge in [0.1, 0.15) is 0 Å². The Morgan fingerprint density at radius 3 is 2.33 bits per heavy atom. The molecule has 0 fully saturated rings. The lowest BCUT2D eigenvalue weighted by molar-refractivity contribution is -0.136. The maximum absolute atomic E-state index is 9.52. The SMILES string of the molecule is [15NH2]C[13CH2][13C](=O)O. The van der Waals surface area contributed by atoms with E-state index in [4.69, 9.17) is 10.8 Å². The monoisotopic (exact) mass is 92.1 g/mol. The predicted octanol–water partition coefficient (Wildman–Crippen LogP) is -0.580. The largest absolute Gasteiger partial charge is 0.481 e. The van der Waals surface area contributed by atoms with Gasteiger partial charge in [-0.25, -0.2) is 0 Å². The van der Waals surface area contributed by atoms with Gasteiger partial charge < -0.3 is 10.8 Å². The summed E-state index contributed by atoms with van der Waals surface area (Å²) < 4.78 is 0. The zero-order chi connectivity index (χ0) is 4.99. The van der Waals surface area contributed by atoms with E-state index in [-0.39, 0.29) is 13.0 Å². The van der Waals surface area contributed by atoms with Crippen LogP contribution in [-0.4, -0.2) is 17.6 Å². The minimum absolute atomic E-state index is 0.0694. The van der Waals surface area contributed by atoms with Crippen LogP contribution < -0.4 is 5.73 Å². The van der Waals surface area contributed by atoms with Crippen molar-refractivity contribution in [3.63, 3.8) is 0 Å². The standard InChI is InChI=1S/C3H7NO2/c4-2-1-3(5)6/h1-2,4H2,(H,5,6)/i1+1,3+1,4+1. The first-order chi connectivity index (χ1) is 2.77. The van der Waals surface area contributed by atoms with Crippen LogP contribution >= 0.6 is 0 Å². The van der Waals surface area contributed by atoms with E-state index in [1.54, 1.807) is 0 Å². The maximum atomic E-state index is 9.52. The molecule has 0 aliphatic carbocycles. The Balaban J connectivity index is 2.83. The van der Waals surface area contributed by atoms with Gasteiger partial charge in [-0.05, 0) is 0 Å². The van der Waals surface area contributed by atoms with Gasteiger partial charge in [0.05, 0.1) is 6.42 Å². The highest BCUT2D eigenvalue weighted by molar-refractivity contribution is 5.66. The summed E-state index contributed by atoms with van der Waals surface area (Å²) >= 11 is 0. The summed E-state index contributed by atoms with van der Waals surface area (Å²) in [5, 5.41) is 7.83. The van der Waals surface area contributed by atoms with Gasteiger partial charge in [0, 0.05) is 6.54 Å². The number of carboxylic acids is 1. The quantitative estimate of drug-likeness (QED) is 0.354. The Kier molecular flexibility index (Phi) is 2.40. The van der Waals surface area contributed by atoms with Crippen molar-refractivity contribution < 1.29 is 9.90 Å². The highest BCUT2D eigenvalue weighted by Gasteiger charge is 1.87. The van der Waals surface area contributed by atoms with E-state index in [1.807, 2.05) is 0 Å². The molecule has 0 amide bonds. The topological polar surface area (TPSA) is 63.3 Å². The van der Waals surface area contributed by atoms with E-state index in [9.17, 15) is 4.79 Å². The number of hydrogen-bond donors (Lipinski definition) is 2. The molecule has 0 atom stereocenters. The number of nitrogens with two attached hydrogens (primary N) is 1. The number of carboxylic acid groups (broad SMARTS) is 1. The third-order valence-corrected chi connectivity index (χ3v) is 0.358. The van der Waals surface area contributed by atoms with Gasteiger partial charge in [-0.2, -0.15) is 0 Å². The molecule has 36 valence electrons. The van der Waals surface area contributed by atoms with Gasteiger partial charge >= 0.3 is 5.97 Å². The molecule has 6 heavy (non-hydrogen) atoms. The molecular formula is C3H7NO2. The van der Waals surface area contributed by atoms with Crippen molar-refractivity contribution in [1.29, 1.82) is 0 Å². The lowest BCUT2D eigenvalue weighted by atomic mass is 11.0. The van der Waals surface area contributed by atoms with Crippen molar-refractivity contribution in [2.24, 2.45) is 5.73 Å². The zero-order valence-corrected chi connectivity index (χ0v) is 3.35. The molecule has 3 heteroatoms. The lowest BCUT2D eigenvalue weighted by Crippen LogP contribution is -2.05. The first-order valence-corrected chi connectivity index (χ1v) is 1.69. The molecule has 0 radical (unpaired) electrons. The number of rotatable bonds is 2. The second-order valence-electron chi connectivity index (χ2n) is 0.932. The summed E-state index contributed by atoms with van der Waals surface area (Å²) in [7, 11) is 0. The second kappa shape index (κ2) is 2.66. The smallest absolute Gasteiger partial charge is 0.304 e. The van der Waals surface area contributed by atoms with E-state index in [0.717, 1.165) is 0 Å². The predicted molar refractivity (Wildman–Crippen MR) is 21.3 cm³/mol. The van der Waals surface area contributed by atoms with Crippen LogP contribution in [0.5, 0.6) is 0 Å². The van der Waals surface area contributed by atoms with Crippen molar-refractivity contribution in [2.45, 2.75) is 6.42 Å². The van der Waals surface area contributed by atoms with Crippen molar-refractivity contribution in [3.05, 3.63) is 0 Å². The minimum Gasteiger partial charge on any atom is -0.481 e. The zero-order valence-electron chi connectivity index (χ0n) is 3.35. The second-order valence-corrected chi connectivity index (χ2v) is 0.932. The molecular weight excluding hydrogens is 85.0 g/mol. The highest BCUT2D eigenvalue weighted by Crippen LogP contribution is 1.67. The molecule has 0 aromatic rings. The Bertz CT molecular complexity index is 52.8. The van der Waals surface area contributed by atoms with Crippen LogP contribution in [0.3, 0.4) is 0 Å². The van der Waals surface area contributed by atoms with E-state index < -0.39 is 5.97 Å². The Morgan fingerprint density at radius 2 is 2.33 bits per heavy atom. The molecule has 0 bridgehead atoms. The summed E-state index contributed by atoms with van der Waals surface area (Å²) in [6.45, 7) is 0.231. The Morgan fingerprint density at radius 1 is 1.83 bits per heavy atom. The Labute approximate surface area is 35.8 Å². The molecule has 0 heterocycles. The summed E-state index contributed by atoms with van der Waals surface area (Å²) in [6.07, 6.45) is 0.0694. The van der Waals surface area contributed by atoms with Gasteiger partial charge in [-0.1, -0.05) is 0 Å². The average molecular weight is 92.1 g/mol. The van der Waals surface area contributed by atoms with Crippen LogP contribution in [0.15, 0.2) is 0 Å². The summed E-state index contributed by atoms with van der Waals surface area (Å²) in [5.74, 6) is -0.836. The van der Waals surface area contributed by atoms with Crippen molar-refractivity contribution in [1.82, 2.24) is 0 Å². The van der Waals surface area contributed by atoms with Gasteiger partial charge in [0.15, 0.2) is 0 Å². The van der Waals surface area contributed by atoms with Gasteiger partial charge in [0.2, 0.25) is 0 Å². The number of carbonyl (C=O) groups is 1. The number of hydrogen-bond acceptors (Lipinski definition) is 2. The minimum atomic E-state index is -0.836. The summed E-state index contributed by atoms with van der Waals surface area (Å²) in [6, 6.07) is 0. The van der Waals surface area contributed by atoms with E-state index >= 15 is 0 Å². The molecule has 0 aromatic heterocycles. The maximum Gasteiger partial charge on any atom is 0.304 e. The van der Waals surface area contributed by atoms with Crippen molar-refractivity contribution >= 4 is 5.97 Å². The molecule has 0 aromatic carbocycles. The molecule has 0 spiro atoms. The van der Waals surface area contributed by atoms with Crippen LogP contribution in [0.2, 0.25) is 0 Å². The molecule has 0 saturated heterocycles. The van der Waals surface area contributed by atoms with Crippen LogP contribution in [0.4, 0.5) is 0 Å². The molecule has 0 unspecified atom stereocenters. The fourth-order valence-corrected chi connectivity index (χ4v) is 0.123. The van der Waals surface area contributed by atoms with E-state index in [2.05, 4.69) is 0 Å². The van der Waals surface area contributed by atoms with Crippen LogP contribution in [0, 0.1) is 0 Å². The molecule has 3 nitrogen and oxygen atoms in total. The highest BCUT2D eigenvalue weighted by atomic mass is 16.5. The third kappa shape index (κ3) is 3.43. The molecule has 0 saturated carbocycles. The third-order valence-electron chi connectivity index (χ3n) is 0.358. The lowest BCUT2D eigenvalue weighted by Gasteiger charge is -1.80. The van der Waals surface area contributed by atoms with Gasteiger partial charge in [-0.3, -0.25) is 4.79 Å². The summed E-state index contributed by atoms with van der Waals surface area (Å²) in [5.41, 5.74) is 4.85. The fourth-order valence-electron chi connectivity index (χ4n) is 0.123. The molecule has 0 aliphatic heterocycles. The van der Waals surface area contributed by atoms with E-state index in [0.29, 0.717) is 0 Å². The molecule has 0 aliphatic rings. The van der Waals surface area contributed by atoms with E-state index in [1.165, 1.54) is 0 Å². The van der Waals surface area contributed by atoms with Crippen molar-refractivity contribution in [2.75, 3.05) is 6.54 Å². The summed E-state index contributed by atoms with van der Waals surface area (Å²) in [4.78, 5) is 9.52. The average Bonchev–Trinajstić information content (AvgIpc) is 1.35. The Hall–Kier alpha value is -0.570. The van der Waals surface area contributed by atoms with Gasteiger partial charge in [0.25, 0.3) is 0 Å². The van der Waals surface area contributed by atoms with Crippen LogP contribution in [0.25, 0.3) is 0 Å². The molecule has 0 rings (SSSR count). The molecule has 3 N–H and O–H groups in total.